The molecule has 2 atom stereocenters. The van der Waals surface area contributed by atoms with Gasteiger partial charge in [0.2, 0.25) is 0 Å². The van der Waals surface area contributed by atoms with Crippen LogP contribution in [0.15, 0.2) is 0 Å². The molecule has 0 heterocycles. The normalized spacial score (nSPS) is 12.5. The van der Waals surface area contributed by atoms with Crippen molar-refractivity contribution in [3.05, 3.63) is 0 Å². The summed E-state index contributed by atoms with van der Waals surface area (Å²) in [4.78, 5) is 46.1. The van der Waals surface area contributed by atoms with E-state index >= 15 is 0 Å². The van der Waals surface area contributed by atoms with E-state index in [2.05, 4.69) is 0 Å². The van der Waals surface area contributed by atoms with Gasteiger partial charge in [0.05, 0.1) is 13.2 Å². The van der Waals surface area contributed by atoms with E-state index in [1.807, 2.05) is 13.8 Å². The first kappa shape index (κ1) is 27.9. The zero-order valence-corrected chi connectivity index (χ0v) is 18.9. The lowest BCUT2D eigenvalue weighted by molar-refractivity contribution is -0.153. The van der Waals surface area contributed by atoms with Gasteiger partial charge in [0.25, 0.3) is 0 Å². The Labute approximate surface area is 180 Å². The minimum atomic E-state index is -0.330. The van der Waals surface area contributed by atoms with E-state index in [0.717, 1.165) is 0 Å². The van der Waals surface area contributed by atoms with Crippen LogP contribution in [0.4, 0.5) is 0 Å². The molecule has 0 aromatic heterocycles. The second kappa shape index (κ2) is 17.7. The summed E-state index contributed by atoms with van der Waals surface area (Å²) in [6.07, 6.45) is 3.98. The zero-order chi connectivity index (χ0) is 22.8. The molecule has 174 valence electrons. The molecule has 0 radical (unpaired) electrons. The molecular formula is C22H38O8. The fourth-order valence-electron chi connectivity index (χ4n) is 2.52. The monoisotopic (exact) mass is 430 g/mol. The van der Waals surface area contributed by atoms with Gasteiger partial charge in [0.1, 0.15) is 12.2 Å². The third kappa shape index (κ3) is 14.8. The van der Waals surface area contributed by atoms with Crippen molar-refractivity contribution in [2.75, 3.05) is 13.2 Å². The fraction of sp³-hybridized carbons (Fsp3) is 0.818. The first-order valence-corrected chi connectivity index (χ1v) is 11.1. The van der Waals surface area contributed by atoms with Crippen molar-refractivity contribution in [3.8, 4) is 0 Å². The minimum Gasteiger partial charge on any atom is -0.466 e. The van der Waals surface area contributed by atoms with E-state index < -0.39 is 0 Å². The van der Waals surface area contributed by atoms with E-state index in [1.165, 1.54) is 0 Å². The summed E-state index contributed by atoms with van der Waals surface area (Å²) in [6.45, 7) is 7.70. The van der Waals surface area contributed by atoms with Gasteiger partial charge in [-0.2, -0.15) is 0 Å². The maximum absolute atomic E-state index is 11.7. The fourth-order valence-corrected chi connectivity index (χ4v) is 2.52. The van der Waals surface area contributed by atoms with Crippen LogP contribution in [0.3, 0.4) is 0 Å². The number of carbonyl (C=O) groups is 4. The lowest BCUT2D eigenvalue weighted by atomic mass is 10.2. The summed E-state index contributed by atoms with van der Waals surface area (Å²) in [5.74, 6) is -1.17. The predicted octanol–water partition coefficient (Wildman–Crippen LogP) is 3.88. The van der Waals surface area contributed by atoms with Gasteiger partial charge in [-0.3, -0.25) is 19.2 Å². The van der Waals surface area contributed by atoms with Gasteiger partial charge in [-0.1, -0.05) is 27.7 Å². The molecule has 2 unspecified atom stereocenters. The molecule has 0 aromatic rings. The first-order valence-electron chi connectivity index (χ1n) is 11.1. The molecule has 0 aliphatic heterocycles. The van der Waals surface area contributed by atoms with Crippen molar-refractivity contribution in [2.45, 2.75) is 104 Å². The number of esters is 4. The van der Waals surface area contributed by atoms with Crippen LogP contribution in [0.5, 0.6) is 0 Å². The van der Waals surface area contributed by atoms with Crippen molar-refractivity contribution in [2.24, 2.45) is 0 Å². The summed E-state index contributed by atoms with van der Waals surface area (Å²) >= 11 is 0. The molecule has 0 fully saturated rings. The molecule has 0 aliphatic carbocycles. The summed E-state index contributed by atoms with van der Waals surface area (Å²) < 4.78 is 20.8. The van der Waals surface area contributed by atoms with Crippen LogP contribution in [0.2, 0.25) is 0 Å². The van der Waals surface area contributed by atoms with E-state index in [4.69, 9.17) is 18.9 Å². The van der Waals surface area contributed by atoms with Gasteiger partial charge < -0.3 is 18.9 Å². The number of hydrogen-bond donors (Lipinski definition) is 0. The first-order chi connectivity index (χ1) is 14.4. The van der Waals surface area contributed by atoms with Crippen LogP contribution >= 0.6 is 0 Å². The molecule has 0 rings (SSSR count). The Morgan fingerprint density at radius 1 is 0.600 bits per heavy atom. The van der Waals surface area contributed by atoms with Crippen LogP contribution in [0.1, 0.15) is 91.9 Å². The van der Waals surface area contributed by atoms with Crippen LogP contribution < -0.4 is 0 Å². The Balaban J connectivity index is 3.80. The summed E-state index contributed by atoms with van der Waals surface area (Å²) in [6, 6.07) is 0. The quantitative estimate of drug-likeness (QED) is 0.194. The highest BCUT2D eigenvalue weighted by atomic mass is 16.6. The Kier molecular flexibility index (Phi) is 16.5. The van der Waals surface area contributed by atoms with Gasteiger partial charge in [-0.05, 0) is 25.7 Å². The van der Waals surface area contributed by atoms with Crippen molar-refractivity contribution in [3.63, 3.8) is 0 Å². The third-order valence-corrected chi connectivity index (χ3v) is 4.50. The highest BCUT2D eigenvalue weighted by Gasteiger charge is 2.14. The lowest BCUT2D eigenvalue weighted by Gasteiger charge is -2.16. The summed E-state index contributed by atoms with van der Waals surface area (Å²) in [5, 5.41) is 0. The molecule has 0 saturated carbocycles. The second-order valence-corrected chi connectivity index (χ2v) is 6.97. The van der Waals surface area contributed by atoms with E-state index in [-0.39, 0.29) is 62.1 Å². The van der Waals surface area contributed by atoms with E-state index in [0.29, 0.717) is 51.4 Å². The SMILES string of the molecule is CCC(=O)OC(CC)CCOC(=O)CCCCC(=O)OCCC(CC)OC(=O)CC. The molecule has 0 amide bonds. The minimum absolute atomic E-state index is 0.206. The molecule has 30 heavy (non-hydrogen) atoms. The van der Waals surface area contributed by atoms with Gasteiger partial charge in [-0.25, -0.2) is 0 Å². The van der Waals surface area contributed by atoms with Gasteiger partial charge in [0, 0.05) is 38.5 Å². The highest BCUT2D eigenvalue weighted by Crippen LogP contribution is 2.09. The van der Waals surface area contributed by atoms with Crippen molar-refractivity contribution < 1.29 is 38.1 Å². The molecule has 8 nitrogen and oxygen atoms in total. The molecule has 0 aliphatic rings. The molecule has 0 bridgehead atoms. The Bertz CT molecular complexity index is 471. The summed E-state index contributed by atoms with van der Waals surface area (Å²) in [7, 11) is 0. The Hall–Kier alpha value is -2.12. The Morgan fingerprint density at radius 2 is 0.967 bits per heavy atom. The molecule has 0 N–H and O–H groups in total. The molecule has 0 saturated heterocycles. The zero-order valence-electron chi connectivity index (χ0n) is 18.9. The van der Waals surface area contributed by atoms with Crippen LogP contribution in [0.25, 0.3) is 0 Å². The van der Waals surface area contributed by atoms with Crippen molar-refractivity contribution in [1.29, 1.82) is 0 Å². The number of ether oxygens (including phenoxy) is 4. The second-order valence-electron chi connectivity index (χ2n) is 6.97. The van der Waals surface area contributed by atoms with Crippen LogP contribution in [-0.4, -0.2) is 49.3 Å². The topological polar surface area (TPSA) is 105 Å². The number of hydrogen-bond acceptors (Lipinski definition) is 8. The van der Waals surface area contributed by atoms with E-state index in [9.17, 15) is 19.2 Å². The van der Waals surface area contributed by atoms with Gasteiger partial charge >= 0.3 is 23.9 Å². The molecule has 8 heteroatoms. The average Bonchev–Trinajstić information content (AvgIpc) is 2.74. The standard InChI is InChI=1S/C22H38O8/c1-5-17(29-19(23)7-3)13-15-27-21(25)11-9-10-12-22(26)28-16-14-18(6-2)30-20(24)8-4/h17-18H,5-16H2,1-4H3. The maximum Gasteiger partial charge on any atom is 0.305 e. The summed E-state index contributed by atoms with van der Waals surface area (Å²) in [5.41, 5.74) is 0. The lowest BCUT2D eigenvalue weighted by Crippen LogP contribution is -2.20. The average molecular weight is 431 g/mol. The van der Waals surface area contributed by atoms with Crippen LogP contribution in [0, 0.1) is 0 Å². The van der Waals surface area contributed by atoms with Crippen molar-refractivity contribution in [1.82, 2.24) is 0 Å². The number of unbranched alkanes of at least 4 members (excludes halogenated alkanes) is 1. The van der Waals surface area contributed by atoms with Gasteiger partial charge in [0.15, 0.2) is 0 Å². The molecule has 0 spiro atoms. The Morgan fingerprint density at radius 3 is 1.27 bits per heavy atom. The number of carbonyl (C=O) groups excluding carboxylic acids is 4. The van der Waals surface area contributed by atoms with Gasteiger partial charge in [-0.15, -0.1) is 0 Å². The van der Waals surface area contributed by atoms with Crippen LogP contribution in [-0.2, 0) is 38.1 Å². The van der Waals surface area contributed by atoms with Crippen molar-refractivity contribution >= 4 is 23.9 Å². The largest absolute Gasteiger partial charge is 0.466 e. The maximum atomic E-state index is 11.7. The third-order valence-electron chi connectivity index (χ3n) is 4.50. The van der Waals surface area contributed by atoms with E-state index in [1.54, 1.807) is 13.8 Å². The number of rotatable bonds is 17. The smallest absolute Gasteiger partial charge is 0.305 e. The molecule has 0 aromatic carbocycles. The highest BCUT2D eigenvalue weighted by molar-refractivity contribution is 5.71. The predicted molar refractivity (Wildman–Crippen MR) is 111 cm³/mol. The molecular weight excluding hydrogens is 392 g/mol.